The van der Waals surface area contributed by atoms with Crippen molar-refractivity contribution in [2.75, 3.05) is 9.96 Å². The molecule has 3 aromatic carbocycles. The predicted molar refractivity (Wildman–Crippen MR) is 127 cm³/mol. The molecule has 2 aliphatic rings. The number of nitro benzene ring substituents is 1. The maximum Gasteiger partial charge on any atom is 0.269 e. The van der Waals surface area contributed by atoms with Crippen LogP contribution in [0.15, 0.2) is 66.7 Å². The maximum atomic E-state index is 13.7. The lowest BCUT2D eigenvalue weighted by Gasteiger charge is -2.29. The number of nitro groups is 1. The van der Waals surface area contributed by atoms with E-state index in [0.29, 0.717) is 16.9 Å². The van der Waals surface area contributed by atoms with Gasteiger partial charge in [-0.05, 0) is 43.7 Å². The molecule has 0 aliphatic carbocycles. The maximum absolute atomic E-state index is 13.7. The van der Waals surface area contributed by atoms with E-state index in [-0.39, 0.29) is 10.7 Å². The van der Waals surface area contributed by atoms with Gasteiger partial charge < -0.3 is 0 Å². The Bertz CT molecular complexity index is 1330. The number of nitrogens with zero attached hydrogens (tertiary/aromatic N) is 3. The summed E-state index contributed by atoms with van der Waals surface area (Å²) in [7, 11) is 0. The lowest BCUT2D eigenvalue weighted by atomic mass is 9.90. The zero-order chi connectivity index (χ0) is 24.1. The Morgan fingerprint density at radius 2 is 1.71 bits per heavy atom. The molecule has 172 valence electrons. The molecule has 8 nitrogen and oxygen atoms in total. The molecular weight excluding hydrogens is 458 g/mol. The Labute approximate surface area is 200 Å². The van der Waals surface area contributed by atoms with Crippen molar-refractivity contribution in [3.05, 3.63) is 98.6 Å². The molecule has 34 heavy (non-hydrogen) atoms. The van der Waals surface area contributed by atoms with Crippen LogP contribution in [0, 0.1) is 29.9 Å². The monoisotopic (exact) mass is 477 g/mol. The summed E-state index contributed by atoms with van der Waals surface area (Å²) in [6.45, 7) is 3.77. The third-order valence-corrected chi connectivity index (χ3v) is 6.57. The van der Waals surface area contributed by atoms with Gasteiger partial charge in [-0.25, -0.2) is 9.96 Å². The molecule has 3 atom stereocenters. The van der Waals surface area contributed by atoms with Crippen molar-refractivity contribution in [2.24, 2.45) is 5.92 Å². The third-order valence-electron chi connectivity index (χ3n) is 6.23. The number of rotatable bonds is 4. The first kappa shape index (κ1) is 22.1. The van der Waals surface area contributed by atoms with E-state index in [0.717, 1.165) is 16.0 Å². The van der Waals surface area contributed by atoms with Gasteiger partial charge in [0.2, 0.25) is 5.91 Å². The molecule has 9 heteroatoms. The average Bonchev–Trinajstić information content (AvgIpc) is 3.31. The highest BCUT2D eigenvalue weighted by Crippen LogP contribution is 2.49. The van der Waals surface area contributed by atoms with E-state index in [1.807, 2.05) is 32.0 Å². The number of benzene rings is 3. The van der Waals surface area contributed by atoms with E-state index in [1.165, 1.54) is 23.3 Å². The lowest BCUT2D eigenvalue weighted by molar-refractivity contribution is -0.384. The van der Waals surface area contributed by atoms with Crippen LogP contribution in [-0.2, 0) is 14.4 Å². The standard InChI is InChI=1S/C25H20ClN3O5/c1-14-8-11-20(15(2)12-14)27-24(30)21-22(18-13-17(29(32)33)9-10-19(18)26)28(34-23(21)25(27)31)16-6-4-3-5-7-16/h3-13,21-23H,1-2H3/t21-,22+,23-/m0/s1. The Hall–Kier alpha value is -3.75. The zero-order valence-corrected chi connectivity index (χ0v) is 19.1. The number of non-ortho nitro benzene ring substituents is 1. The highest BCUT2D eigenvalue weighted by molar-refractivity contribution is 6.31. The van der Waals surface area contributed by atoms with Crippen molar-refractivity contribution in [1.82, 2.24) is 0 Å². The first-order chi connectivity index (χ1) is 16.3. The quantitative estimate of drug-likeness (QED) is 0.301. The number of aryl methyl sites for hydroxylation is 2. The number of amides is 2. The number of hydrogen-bond donors (Lipinski definition) is 0. The highest BCUT2D eigenvalue weighted by Gasteiger charge is 2.60. The van der Waals surface area contributed by atoms with Gasteiger partial charge in [-0.2, -0.15) is 0 Å². The molecule has 0 radical (unpaired) electrons. The van der Waals surface area contributed by atoms with E-state index in [2.05, 4.69) is 0 Å². The van der Waals surface area contributed by atoms with Crippen LogP contribution in [0.5, 0.6) is 0 Å². The van der Waals surface area contributed by atoms with Gasteiger partial charge in [-0.15, -0.1) is 0 Å². The topological polar surface area (TPSA) is 93.0 Å². The van der Waals surface area contributed by atoms with Crippen LogP contribution in [0.1, 0.15) is 22.7 Å². The summed E-state index contributed by atoms with van der Waals surface area (Å²) in [4.78, 5) is 45.4. The van der Waals surface area contributed by atoms with E-state index in [4.69, 9.17) is 16.4 Å². The minimum Gasteiger partial charge on any atom is -0.273 e. The summed E-state index contributed by atoms with van der Waals surface area (Å²) in [5.41, 5.74) is 3.06. The van der Waals surface area contributed by atoms with Crippen molar-refractivity contribution < 1.29 is 19.3 Å². The fourth-order valence-corrected chi connectivity index (χ4v) is 4.92. The molecule has 2 saturated heterocycles. The molecule has 5 rings (SSSR count). The van der Waals surface area contributed by atoms with Crippen molar-refractivity contribution in [3.8, 4) is 0 Å². The second-order valence-electron chi connectivity index (χ2n) is 8.42. The number of anilines is 2. The molecule has 2 fully saturated rings. The van der Waals surface area contributed by atoms with E-state index in [1.54, 1.807) is 30.3 Å². The van der Waals surface area contributed by atoms with Gasteiger partial charge in [-0.1, -0.05) is 47.5 Å². The minimum atomic E-state index is -1.09. The summed E-state index contributed by atoms with van der Waals surface area (Å²) >= 11 is 6.49. The molecule has 0 aromatic heterocycles. The van der Waals surface area contributed by atoms with Gasteiger partial charge in [-0.3, -0.25) is 24.5 Å². The van der Waals surface area contributed by atoms with Crippen LogP contribution in [0.25, 0.3) is 0 Å². The number of fused-ring (bicyclic) bond motifs is 1. The van der Waals surface area contributed by atoms with E-state index >= 15 is 0 Å². The smallest absolute Gasteiger partial charge is 0.269 e. The summed E-state index contributed by atoms with van der Waals surface area (Å²) in [5.74, 6) is -1.85. The van der Waals surface area contributed by atoms with Crippen molar-refractivity contribution in [1.29, 1.82) is 0 Å². The number of hydroxylamine groups is 1. The molecule has 0 saturated carbocycles. The van der Waals surface area contributed by atoms with Crippen LogP contribution in [-0.4, -0.2) is 22.8 Å². The first-order valence-electron chi connectivity index (χ1n) is 10.7. The first-order valence-corrected chi connectivity index (χ1v) is 11.1. The number of para-hydroxylation sites is 1. The van der Waals surface area contributed by atoms with Crippen molar-refractivity contribution >= 4 is 40.5 Å². The molecule has 3 aromatic rings. The largest absolute Gasteiger partial charge is 0.273 e. The number of carbonyl (C=O) groups is 2. The molecule has 0 unspecified atom stereocenters. The predicted octanol–water partition coefficient (Wildman–Crippen LogP) is 4.92. The minimum absolute atomic E-state index is 0.168. The summed E-state index contributed by atoms with van der Waals surface area (Å²) in [6.07, 6.45) is -1.09. The molecule has 0 spiro atoms. The molecule has 2 aliphatic heterocycles. The van der Waals surface area contributed by atoms with Crippen LogP contribution < -0.4 is 9.96 Å². The third kappa shape index (κ3) is 3.43. The normalized spacial score (nSPS) is 21.8. The van der Waals surface area contributed by atoms with E-state index < -0.39 is 34.8 Å². The zero-order valence-electron chi connectivity index (χ0n) is 18.3. The second kappa shape index (κ2) is 8.23. The number of hydrogen-bond acceptors (Lipinski definition) is 6. The SMILES string of the molecule is Cc1ccc(N2C(=O)[C@@H]3[C@H](ON(c4ccccc4)[C@@H]3c3cc([N+](=O)[O-])ccc3Cl)C2=O)c(C)c1. The molecule has 2 amide bonds. The molecule has 2 heterocycles. The molecular formula is C25H20ClN3O5. The van der Waals surface area contributed by atoms with Crippen LogP contribution >= 0.6 is 11.6 Å². The van der Waals surface area contributed by atoms with Crippen LogP contribution in [0.2, 0.25) is 5.02 Å². The Morgan fingerprint density at radius 3 is 2.38 bits per heavy atom. The number of imide groups is 1. The van der Waals surface area contributed by atoms with Gasteiger partial charge in [0.05, 0.1) is 22.3 Å². The fraction of sp³-hybridized carbons (Fsp3) is 0.200. The lowest BCUT2D eigenvalue weighted by Crippen LogP contribution is -2.37. The van der Waals surface area contributed by atoms with Gasteiger partial charge in [0.1, 0.15) is 5.92 Å². The van der Waals surface area contributed by atoms with Gasteiger partial charge in [0.15, 0.2) is 6.10 Å². The van der Waals surface area contributed by atoms with Crippen molar-refractivity contribution in [3.63, 3.8) is 0 Å². The van der Waals surface area contributed by atoms with Gasteiger partial charge in [0, 0.05) is 22.7 Å². The van der Waals surface area contributed by atoms with Crippen LogP contribution in [0.4, 0.5) is 17.1 Å². The highest BCUT2D eigenvalue weighted by atomic mass is 35.5. The van der Waals surface area contributed by atoms with Crippen molar-refractivity contribution in [2.45, 2.75) is 26.0 Å². The van der Waals surface area contributed by atoms with Gasteiger partial charge >= 0.3 is 0 Å². The molecule has 0 N–H and O–H groups in total. The van der Waals surface area contributed by atoms with Crippen LogP contribution in [0.3, 0.4) is 0 Å². The van der Waals surface area contributed by atoms with Gasteiger partial charge in [0.25, 0.3) is 11.6 Å². The number of carbonyl (C=O) groups excluding carboxylic acids is 2. The summed E-state index contributed by atoms with van der Waals surface area (Å²) < 4.78 is 0. The second-order valence-corrected chi connectivity index (χ2v) is 8.83. The Morgan fingerprint density at radius 1 is 0.971 bits per heavy atom. The summed E-state index contributed by atoms with van der Waals surface area (Å²) in [5, 5.41) is 13.2. The average molecular weight is 478 g/mol. The number of halogens is 1. The molecule has 0 bridgehead atoms. The fourth-order valence-electron chi connectivity index (χ4n) is 4.69. The van der Waals surface area contributed by atoms with E-state index in [9.17, 15) is 19.7 Å². The Kier molecular flexibility index (Phi) is 5.34. The Balaban J connectivity index is 1.64. The summed E-state index contributed by atoms with van der Waals surface area (Å²) in [6, 6.07) is 17.7.